The standard InChI is InChI=1S/C17H20N2O5/c20-16-6-11(17(21)18-8-13-2-1-5-22-13)9-19(16)12-3-4-14-15(7-12)24-10-23-14/h3-4,7,11,13H,1-2,5-6,8-10H2,(H,18,21). The second-order valence-corrected chi connectivity index (χ2v) is 6.32. The third-order valence-corrected chi connectivity index (χ3v) is 4.69. The summed E-state index contributed by atoms with van der Waals surface area (Å²) in [6.45, 7) is 1.87. The molecular formula is C17H20N2O5. The van der Waals surface area contributed by atoms with Gasteiger partial charge < -0.3 is 24.4 Å². The maximum atomic E-state index is 12.3. The number of fused-ring (bicyclic) bond motifs is 1. The average molecular weight is 332 g/mol. The van der Waals surface area contributed by atoms with Crippen LogP contribution < -0.4 is 19.7 Å². The summed E-state index contributed by atoms with van der Waals surface area (Å²) in [6.07, 6.45) is 2.36. The minimum atomic E-state index is -0.329. The van der Waals surface area contributed by atoms with Gasteiger partial charge in [-0.2, -0.15) is 0 Å². The molecule has 7 nitrogen and oxygen atoms in total. The molecule has 0 bridgehead atoms. The van der Waals surface area contributed by atoms with E-state index in [2.05, 4.69) is 5.32 Å². The molecule has 2 unspecified atom stereocenters. The molecule has 0 aliphatic carbocycles. The summed E-state index contributed by atoms with van der Waals surface area (Å²) < 4.78 is 16.1. The zero-order chi connectivity index (χ0) is 16.5. The highest BCUT2D eigenvalue weighted by atomic mass is 16.7. The van der Waals surface area contributed by atoms with Crippen LogP contribution in [-0.4, -0.2) is 44.4 Å². The molecule has 3 aliphatic rings. The van der Waals surface area contributed by atoms with Gasteiger partial charge in [0.25, 0.3) is 0 Å². The van der Waals surface area contributed by atoms with Crippen molar-refractivity contribution in [2.45, 2.75) is 25.4 Å². The Kier molecular flexibility index (Phi) is 4.02. The second-order valence-electron chi connectivity index (χ2n) is 6.32. The van der Waals surface area contributed by atoms with Gasteiger partial charge in [0, 0.05) is 37.9 Å². The Bertz CT molecular complexity index is 656. The van der Waals surface area contributed by atoms with Gasteiger partial charge in [0.05, 0.1) is 12.0 Å². The molecule has 24 heavy (non-hydrogen) atoms. The first-order chi connectivity index (χ1) is 11.7. The van der Waals surface area contributed by atoms with Gasteiger partial charge in [-0.1, -0.05) is 0 Å². The molecule has 2 atom stereocenters. The zero-order valence-corrected chi connectivity index (χ0v) is 13.3. The van der Waals surface area contributed by atoms with Crippen molar-refractivity contribution in [3.05, 3.63) is 18.2 Å². The molecule has 1 aromatic rings. The van der Waals surface area contributed by atoms with Crippen LogP contribution in [0.4, 0.5) is 5.69 Å². The fraction of sp³-hybridized carbons (Fsp3) is 0.529. The zero-order valence-electron chi connectivity index (χ0n) is 13.3. The van der Waals surface area contributed by atoms with Gasteiger partial charge >= 0.3 is 0 Å². The maximum absolute atomic E-state index is 12.3. The van der Waals surface area contributed by atoms with Crippen molar-refractivity contribution in [3.63, 3.8) is 0 Å². The van der Waals surface area contributed by atoms with Crippen LogP contribution in [0.25, 0.3) is 0 Å². The van der Waals surface area contributed by atoms with Gasteiger partial charge in [-0.15, -0.1) is 0 Å². The van der Waals surface area contributed by atoms with E-state index in [0.717, 1.165) is 25.1 Å². The number of hydrogen-bond donors (Lipinski definition) is 1. The molecule has 4 rings (SSSR count). The molecule has 1 N–H and O–H groups in total. The van der Waals surface area contributed by atoms with Crippen LogP contribution in [0.5, 0.6) is 11.5 Å². The lowest BCUT2D eigenvalue weighted by molar-refractivity contribution is -0.126. The highest BCUT2D eigenvalue weighted by Gasteiger charge is 2.36. The topological polar surface area (TPSA) is 77.1 Å². The van der Waals surface area contributed by atoms with Crippen LogP contribution in [0.2, 0.25) is 0 Å². The van der Waals surface area contributed by atoms with Crippen LogP contribution >= 0.6 is 0 Å². The van der Waals surface area contributed by atoms with Gasteiger partial charge in [-0.3, -0.25) is 9.59 Å². The summed E-state index contributed by atoms with van der Waals surface area (Å²) in [6, 6.07) is 5.39. The van der Waals surface area contributed by atoms with E-state index in [9.17, 15) is 9.59 Å². The predicted octanol–water partition coefficient (Wildman–Crippen LogP) is 1.06. The summed E-state index contributed by atoms with van der Waals surface area (Å²) in [4.78, 5) is 26.3. The number of benzene rings is 1. The van der Waals surface area contributed by atoms with Crippen molar-refractivity contribution in [1.29, 1.82) is 0 Å². The van der Waals surface area contributed by atoms with E-state index in [1.165, 1.54) is 0 Å². The predicted molar refractivity (Wildman–Crippen MR) is 85.0 cm³/mol. The molecule has 3 heterocycles. The van der Waals surface area contributed by atoms with Crippen LogP contribution in [0.1, 0.15) is 19.3 Å². The second kappa shape index (κ2) is 6.32. The minimum absolute atomic E-state index is 0.0499. The molecule has 0 aromatic heterocycles. The van der Waals surface area contributed by atoms with Gasteiger partial charge in [0.1, 0.15) is 0 Å². The highest BCUT2D eigenvalue weighted by molar-refractivity contribution is 6.00. The molecule has 1 aromatic carbocycles. The number of anilines is 1. The maximum Gasteiger partial charge on any atom is 0.231 e. The molecule has 2 saturated heterocycles. The van der Waals surface area contributed by atoms with Crippen molar-refractivity contribution < 1.29 is 23.8 Å². The van der Waals surface area contributed by atoms with Gasteiger partial charge in [0.15, 0.2) is 11.5 Å². The highest BCUT2D eigenvalue weighted by Crippen LogP contribution is 2.37. The molecule has 0 spiro atoms. The number of nitrogens with one attached hydrogen (secondary N) is 1. The summed E-state index contributed by atoms with van der Waals surface area (Å²) in [5, 5.41) is 2.91. The number of amides is 2. The number of ether oxygens (including phenoxy) is 3. The van der Waals surface area contributed by atoms with Crippen molar-refractivity contribution in [2.75, 3.05) is 31.4 Å². The SMILES string of the molecule is O=C(NCC1CCCO1)C1CC(=O)N(c2ccc3c(c2)OCO3)C1. The number of carbonyl (C=O) groups is 2. The minimum Gasteiger partial charge on any atom is -0.454 e. The monoisotopic (exact) mass is 332 g/mol. The number of carbonyl (C=O) groups excluding carboxylic acids is 2. The van der Waals surface area contributed by atoms with Crippen molar-refractivity contribution in [2.24, 2.45) is 5.92 Å². The Morgan fingerprint density at radius 1 is 1.29 bits per heavy atom. The normalized spacial score (nSPS) is 25.3. The van der Waals surface area contributed by atoms with E-state index in [-0.39, 0.29) is 37.0 Å². The summed E-state index contributed by atoms with van der Waals surface area (Å²) in [5.74, 6) is 0.848. The Balaban J connectivity index is 1.38. The Labute approximate surface area is 139 Å². The van der Waals surface area contributed by atoms with Crippen molar-refractivity contribution >= 4 is 17.5 Å². The smallest absolute Gasteiger partial charge is 0.231 e. The Hall–Kier alpha value is -2.28. The quantitative estimate of drug-likeness (QED) is 0.892. The van der Waals surface area contributed by atoms with Gasteiger partial charge in [-0.25, -0.2) is 0 Å². The molecule has 0 saturated carbocycles. The average Bonchev–Trinajstić information content (AvgIpc) is 3.32. The molecule has 128 valence electrons. The van der Waals surface area contributed by atoms with Crippen molar-refractivity contribution in [1.82, 2.24) is 5.32 Å². The number of nitrogens with zero attached hydrogens (tertiary/aromatic N) is 1. The first kappa shape index (κ1) is 15.3. The van der Waals surface area contributed by atoms with E-state index in [1.807, 2.05) is 6.07 Å². The van der Waals surface area contributed by atoms with E-state index < -0.39 is 0 Å². The summed E-state index contributed by atoms with van der Waals surface area (Å²) in [7, 11) is 0. The third kappa shape index (κ3) is 2.91. The Morgan fingerprint density at radius 3 is 3.00 bits per heavy atom. The number of hydrogen-bond acceptors (Lipinski definition) is 5. The van der Waals surface area contributed by atoms with E-state index >= 15 is 0 Å². The summed E-state index contributed by atoms with van der Waals surface area (Å²) >= 11 is 0. The first-order valence-corrected chi connectivity index (χ1v) is 8.30. The van der Waals surface area contributed by atoms with Crippen LogP contribution in [-0.2, 0) is 14.3 Å². The van der Waals surface area contributed by atoms with E-state index in [0.29, 0.717) is 24.6 Å². The largest absolute Gasteiger partial charge is 0.454 e. The fourth-order valence-corrected chi connectivity index (χ4v) is 3.35. The molecule has 0 radical (unpaired) electrons. The van der Waals surface area contributed by atoms with Crippen LogP contribution in [0.15, 0.2) is 18.2 Å². The Morgan fingerprint density at radius 2 is 2.17 bits per heavy atom. The lowest BCUT2D eigenvalue weighted by Gasteiger charge is -2.17. The molecule has 2 amide bonds. The first-order valence-electron chi connectivity index (χ1n) is 8.30. The van der Waals surface area contributed by atoms with Crippen LogP contribution in [0.3, 0.4) is 0 Å². The van der Waals surface area contributed by atoms with Gasteiger partial charge in [0.2, 0.25) is 18.6 Å². The molecule has 2 fully saturated rings. The molecular weight excluding hydrogens is 312 g/mol. The lowest BCUT2D eigenvalue weighted by Crippen LogP contribution is -2.37. The fourth-order valence-electron chi connectivity index (χ4n) is 3.35. The van der Waals surface area contributed by atoms with Gasteiger partial charge in [-0.05, 0) is 25.0 Å². The molecule has 3 aliphatic heterocycles. The summed E-state index contributed by atoms with van der Waals surface area (Å²) in [5.41, 5.74) is 0.735. The van der Waals surface area contributed by atoms with Crippen LogP contribution in [0, 0.1) is 5.92 Å². The van der Waals surface area contributed by atoms with Crippen molar-refractivity contribution in [3.8, 4) is 11.5 Å². The third-order valence-electron chi connectivity index (χ3n) is 4.69. The lowest BCUT2D eigenvalue weighted by atomic mass is 10.1. The van der Waals surface area contributed by atoms with E-state index in [4.69, 9.17) is 14.2 Å². The van der Waals surface area contributed by atoms with E-state index in [1.54, 1.807) is 17.0 Å². The molecule has 7 heteroatoms. The number of rotatable bonds is 4.